The van der Waals surface area contributed by atoms with E-state index in [2.05, 4.69) is 0 Å². The lowest BCUT2D eigenvalue weighted by molar-refractivity contribution is 0.116. The molecule has 0 aliphatic heterocycles. The molecule has 0 aliphatic rings. The summed E-state index contributed by atoms with van der Waals surface area (Å²) in [6.45, 7) is 11.6. The van der Waals surface area contributed by atoms with Crippen LogP contribution in [0.4, 0.5) is 8.78 Å². The molecule has 1 aromatic carbocycles. The van der Waals surface area contributed by atoms with Crippen LogP contribution in [-0.2, 0) is 10.8 Å². The number of phenolic OH excluding ortho intramolecular Hbond substituents is 1. The van der Waals surface area contributed by atoms with Gasteiger partial charge in [-0.25, -0.2) is 8.78 Å². The second-order valence-electron chi connectivity index (χ2n) is 7.32. The fourth-order valence-corrected chi connectivity index (χ4v) is 2.14. The largest absolute Gasteiger partial charge is 0.507 e. The van der Waals surface area contributed by atoms with Crippen molar-refractivity contribution in [2.24, 2.45) is 5.73 Å². The molecule has 21 heavy (non-hydrogen) atoms. The third-order valence-corrected chi connectivity index (χ3v) is 3.40. The normalized spacial score (nSPS) is 14.0. The quantitative estimate of drug-likeness (QED) is 0.831. The van der Waals surface area contributed by atoms with Crippen LogP contribution in [0.2, 0.25) is 0 Å². The lowest BCUT2D eigenvalue weighted by atomic mass is 9.78. The van der Waals surface area contributed by atoms with E-state index >= 15 is 0 Å². The third kappa shape index (κ3) is 4.55. The molecule has 0 fully saturated rings. The second kappa shape index (κ2) is 6.49. The predicted molar refractivity (Wildman–Crippen MR) is 85.7 cm³/mol. The Bertz CT molecular complexity index is 455. The zero-order chi connectivity index (χ0) is 15.9. The molecule has 0 aromatic heterocycles. The first-order valence-corrected chi connectivity index (χ1v) is 6.77. The van der Waals surface area contributed by atoms with Crippen molar-refractivity contribution in [2.75, 3.05) is 0 Å². The number of hydrogen-bond acceptors (Lipinski definition) is 2. The first-order chi connectivity index (χ1) is 8.85. The van der Waals surface area contributed by atoms with Crippen LogP contribution >= 0.6 is 12.4 Å². The van der Waals surface area contributed by atoms with Gasteiger partial charge in [-0.05, 0) is 39.7 Å². The minimum absolute atomic E-state index is 0. The molecule has 0 amide bonds. The zero-order valence-electron chi connectivity index (χ0n) is 13.5. The minimum Gasteiger partial charge on any atom is -0.507 e. The van der Waals surface area contributed by atoms with E-state index in [0.29, 0.717) is 16.7 Å². The maximum Gasteiger partial charge on any atom is 0.257 e. The molecule has 0 heterocycles. The van der Waals surface area contributed by atoms with Crippen molar-refractivity contribution < 1.29 is 13.9 Å². The molecule has 3 N–H and O–H groups in total. The summed E-state index contributed by atoms with van der Waals surface area (Å²) in [7, 11) is 0. The van der Waals surface area contributed by atoms with Crippen molar-refractivity contribution in [3.8, 4) is 5.75 Å². The van der Waals surface area contributed by atoms with Crippen molar-refractivity contribution in [2.45, 2.75) is 64.8 Å². The summed E-state index contributed by atoms with van der Waals surface area (Å²) < 4.78 is 25.8. The molecule has 0 spiro atoms. The van der Waals surface area contributed by atoms with E-state index in [1.54, 1.807) is 12.1 Å². The van der Waals surface area contributed by atoms with E-state index in [-0.39, 0.29) is 29.0 Å². The minimum atomic E-state index is -2.62. The maximum absolute atomic E-state index is 12.9. The van der Waals surface area contributed by atoms with Crippen molar-refractivity contribution in [3.63, 3.8) is 0 Å². The highest BCUT2D eigenvalue weighted by Crippen LogP contribution is 2.41. The Morgan fingerprint density at radius 1 is 0.952 bits per heavy atom. The molecule has 0 saturated carbocycles. The fourth-order valence-electron chi connectivity index (χ4n) is 2.14. The van der Waals surface area contributed by atoms with Gasteiger partial charge in [0.25, 0.3) is 6.43 Å². The Balaban J connectivity index is 0.00000400. The molecule has 0 bridgehead atoms. The average molecular weight is 322 g/mol. The summed E-state index contributed by atoms with van der Waals surface area (Å²) in [5, 5.41) is 10.5. The first-order valence-electron chi connectivity index (χ1n) is 6.77. The standard InChI is InChI=1S/C16H25F2NO.ClH/c1-15(2,3)10-7-9(12(19)14(17)18)8-11(13(10)20)16(4,5)6;/h7-8,12,14,20H,19H2,1-6H3;1H/t12-;/m1./s1. The van der Waals surface area contributed by atoms with E-state index in [1.165, 1.54) is 0 Å². The molecule has 0 aliphatic carbocycles. The Morgan fingerprint density at radius 2 is 1.29 bits per heavy atom. The third-order valence-electron chi connectivity index (χ3n) is 3.40. The molecule has 0 radical (unpaired) electrons. The van der Waals surface area contributed by atoms with Crippen LogP contribution in [0.15, 0.2) is 12.1 Å². The monoisotopic (exact) mass is 321 g/mol. The van der Waals surface area contributed by atoms with E-state index in [4.69, 9.17) is 5.73 Å². The van der Waals surface area contributed by atoms with Crippen molar-refractivity contribution in [1.29, 1.82) is 0 Å². The summed E-state index contributed by atoms with van der Waals surface area (Å²) in [6.07, 6.45) is -2.62. The molecule has 1 aromatic rings. The second-order valence-corrected chi connectivity index (χ2v) is 7.32. The lowest BCUT2D eigenvalue weighted by Crippen LogP contribution is -2.23. The van der Waals surface area contributed by atoms with E-state index in [9.17, 15) is 13.9 Å². The summed E-state index contributed by atoms with van der Waals surface area (Å²) in [5.74, 6) is 0.176. The predicted octanol–water partition coefficient (Wildman–Crippen LogP) is 4.67. The Kier molecular flexibility index (Phi) is 6.22. The van der Waals surface area contributed by atoms with Crippen molar-refractivity contribution in [1.82, 2.24) is 0 Å². The highest BCUT2D eigenvalue weighted by Gasteiger charge is 2.29. The van der Waals surface area contributed by atoms with Crippen LogP contribution in [0, 0.1) is 0 Å². The van der Waals surface area contributed by atoms with E-state index < -0.39 is 12.5 Å². The van der Waals surface area contributed by atoms with Gasteiger partial charge >= 0.3 is 0 Å². The van der Waals surface area contributed by atoms with Crippen LogP contribution in [-0.4, -0.2) is 11.5 Å². The van der Waals surface area contributed by atoms with Gasteiger partial charge in [0.05, 0.1) is 6.04 Å². The molecular weight excluding hydrogens is 296 g/mol. The van der Waals surface area contributed by atoms with E-state index in [1.807, 2.05) is 41.5 Å². The molecule has 2 nitrogen and oxygen atoms in total. The number of nitrogens with two attached hydrogens (primary N) is 1. The van der Waals surface area contributed by atoms with Crippen LogP contribution in [0.25, 0.3) is 0 Å². The van der Waals surface area contributed by atoms with Gasteiger partial charge in [-0.2, -0.15) is 0 Å². The van der Waals surface area contributed by atoms with Gasteiger partial charge < -0.3 is 10.8 Å². The van der Waals surface area contributed by atoms with Gasteiger partial charge in [0.2, 0.25) is 0 Å². The number of halogens is 3. The number of benzene rings is 1. The van der Waals surface area contributed by atoms with Crippen LogP contribution in [0.1, 0.15) is 64.3 Å². The SMILES string of the molecule is CC(C)(C)c1cc([C@@H](N)C(F)F)cc(C(C)(C)C)c1O.Cl. The van der Waals surface area contributed by atoms with Gasteiger partial charge in [-0.1, -0.05) is 41.5 Å². The summed E-state index contributed by atoms with van der Waals surface area (Å²) >= 11 is 0. The average Bonchev–Trinajstić information content (AvgIpc) is 2.24. The highest BCUT2D eigenvalue weighted by atomic mass is 35.5. The Labute approximate surface area is 132 Å². The van der Waals surface area contributed by atoms with Crippen molar-refractivity contribution in [3.05, 3.63) is 28.8 Å². The first kappa shape index (κ1) is 20.1. The Hall–Kier alpha value is -0.870. The number of aromatic hydroxyl groups is 1. The zero-order valence-corrected chi connectivity index (χ0v) is 14.3. The molecule has 5 heteroatoms. The summed E-state index contributed by atoms with van der Waals surface area (Å²) in [6, 6.07) is 1.86. The molecule has 0 unspecified atom stereocenters. The van der Waals surface area contributed by atoms with Crippen LogP contribution < -0.4 is 5.73 Å². The number of alkyl halides is 2. The van der Waals surface area contributed by atoms with Gasteiger partial charge in [0.15, 0.2) is 0 Å². The molecular formula is C16H26ClF2NO. The topological polar surface area (TPSA) is 46.2 Å². The van der Waals surface area contributed by atoms with Gasteiger partial charge in [-0.15, -0.1) is 12.4 Å². The van der Waals surface area contributed by atoms with Crippen LogP contribution in [0.3, 0.4) is 0 Å². The molecule has 1 rings (SSSR count). The summed E-state index contributed by atoms with van der Waals surface area (Å²) in [5.41, 5.74) is 6.56. The Morgan fingerprint density at radius 3 is 1.52 bits per heavy atom. The summed E-state index contributed by atoms with van der Waals surface area (Å²) in [4.78, 5) is 0. The maximum atomic E-state index is 12.9. The van der Waals surface area contributed by atoms with Gasteiger partial charge in [-0.3, -0.25) is 0 Å². The molecule has 1 atom stereocenters. The van der Waals surface area contributed by atoms with Gasteiger partial charge in [0.1, 0.15) is 5.75 Å². The number of phenols is 1. The number of rotatable bonds is 2. The van der Waals surface area contributed by atoms with Gasteiger partial charge in [0, 0.05) is 0 Å². The molecule has 122 valence electrons. The van der Waals surface area contributed by atoms with Crippen LogP contribution in [0.5, 0.6) is 5.75 Å². The highest BCUT2D eigenvalue weighted by molar-refractivity contribution is 5.85. The fraction of sp³-hybridized carbons (Fsp3) is 0.625. The lowest BCUT2D eigenvalue weighted by Gasteiger charge is -2.29. The number of hydrogen-bond donors (Lipinski definition) is 2. The molecule has 0 saturated heterocycles. The van der Waals surface area contributed by atoms with E-state index in [0.717, 1.165) is 0 Å². The van der Waals surface area contributed by atoms with Crippen molar-refractivity contribution >= 4 is 12.4 Å². The smallest absolute Gasteiger partial charge is 0.257 e.